The zero-order valence-corrected chi connectivity index (χ0v) is 16.0. The number of para-hydroxylation sites is 2. The van der Waals surface area contributed by atoms with E-state index in [1.54, 1.807) is 24.3 Å². The molecule has 5 aromatic rings. The van der Waals surface area contributed by atoms with Crippen LogP contribution in [0.4, 0.5) is 5.69 Å². The summed E-state index contributed by atoms with van der Waals surface area (Å²) in [6.07, 6.45) is 3.77. The first kappa shape index (κ1) is 17.4. The molecule has 0 atom stereocenters. The van der Waals surface area contributed by atoms with Crippen molar-refractivity contribution in [1.82, 2.24) is 14.5 Å². The number of pyridine rings is 1. The summed E-state index contributed by atoms with van der Waals surface area (Å²) >= 11 is 0. The van der Waals surface area contributed by atoms with Crippen molar-refractivity contribution in [2.24, 2.45) is 0 Å². The molecule has 8 heteroatoms. The third-order valence-corrected chi connectivity index (χ3v) is 5.80. The van der Waals surface area contributed by atoms with Crippen molar-refractivity contribution < 1.29 is 12.9 Å². The maximum atomic E-state index is 12.8. The van der Waals surface area contributed by atoms with Gasteiger partial charge in [-0.25, -0.2) is 13.4 Å². The van der Waals surface area contributed by atoms with Gasteiger partial charge in [0.05, 0.1) is 11.4 Å². The Morgan fingerprint density at radius 1 is 0.966 bits per heavy atom. The molecule has 0 spiro atoms. The van der Waals surface area contributed by atoms with Crippen LogP contribution in [0.1, 0.15) is 5.69 Å². The van der Waals surface area contributed by atoms with E-state index in [1.807, 2.05) is 59.3 Å². The van der Waals surface area contributed by atoms with Crippen molar-refractivity contribution in [1.29, 1.82) is 0 Å². The first-order valence-corrected chi connectivity index (χ1v) is 10.6. The molecule has 0 saturated heterocycles. The lowest BCUT2D eigenvalue weighted by Crippen LogP contribution is -2.16. The number of hydrogen-bond donors (Lipinski definition) is 1. The number of aromatic nitrogens is 3. The van der Waals surface area contributed by atoms with Gasteiger partial charge in [0.15, 0.2) is 5.58 Å². The molecule has 0 saturated carbocycles. The monoisotopic (exact) mass is 404 g/mol. The minimum Gasteiger partial charge on any atom is -0.356 e. The van der Waals surface area contributed by atoms with Crippen LogP contribution in [-0.4, -0.2) is 23.0 Å². The van der Waals surface area contributed by atoms with Gasteiger partial charge < -0.3 is 8.92 Å². The normalized spacial score (nSPS) is 11.9. The Bertz CT molecular complexity index is 1400. The van der Waals surface area contributed by atoms with Crippen LogP contribution in [0.5, 0.6) is 0 Å². The number of hydrogen-bond acceptors (Lipinski definition) is 5. The van der Waals surface area contributed by atoms with Gasteiger partial charge in [0.2, 0.25) is 10.0 Å². The van der Waals surface area contributed by atoms with E-state index in [0.29, 0.717) is 33.6 Å². The van der Waals surface area contributed by atoms with E-state index in [0.717, 1.165) is 5.65 Å². The Hall–Kier alpha value is -3.65. The second-order valence-corrected chi connectivity index (χ2v) is 8.35. The molecule has 0 radical (unpaired) electrons. The molecule has 3 aromatic heterocycles. The van der Waals surface area contributed by atoms with E-state index in [4.69, 9.17) is 4.52 Å². The number of benzene rings is 2. The molecule has 0 aliphatic carbocycles. The Labute approximate surface area is 166 Å². The van der Waals surface area contributed by atoms with Gasteiger partial charge in [-0.3, -0.25) is 4.72 Å². The second kappa shape index (κ2) is 6.75. The van der Waals surface area contributed by atoms with Gasteiger partial charge in [-0.2, -0.15) is 0 Å². The highest BCUT2D eigenvalue weighted by Gasteiger charge is 2.19. The predicted molar refractivity (Wildman–Crippen MR) is 111 cm³/mol. The largest absolute Gasteiger partial charge is 0.356 e. The fourth-order valence-corrected chi connectivity index (χ4v) is 4.44. The molecule has 29 heavy (non-hydrogen) atoms. The van der Waals surface area contributed by atoms with Crippen molar-refractivity contribution in [3.63, 3.8) is 0 Å². The van der Waals surface area contributed by atoms with Gasteiger partial charge in [-0.15, -0.1) is 0 Å². The fourth-order valence-electron chi connectivity index (χ4n) is 3.29. The third-order valence-electron chi connectivity index (χ3n) is 4.61. The number of nitrogens with zero attached hydrogens (tertiary/aromatic N) is 3. The maximum absolute atomic E-state index is 12.8. The van der Waals surface area contributed by atoms with Gasteiger partial charge in [0.25, 0.3) is 0 Å². The average Bonchev–Trinajstić information content (AvgIpc) is 3.32. The predicted octanol–water partition coefficient (Wildman–Crippen LogP) is 4.08. The number of fused-ring (bicyclic) bond motifs is 2. The van der Waals surface area contributed by atoms with Crippen LogP contribution >= 0.6 is 0 Å². The number of rotatable bonds is 5. The Balaban J connectivity index is 1.48. The topological polar surface area (TPSA) is 89.5 Å². The third kappa shape index (κ3) is 3.34. The molecule has 0 aliphatic rings. The van der Waals surface area contributed by atoms with Crippen molar-refractivity contribution in [2.45, 2.75) is 5.75 Å². The molecule has 0 fully saturated rings. The number of nitrogens with one attached hydrogen (secondary N) is 1. The highest BCUT2D eigenvalue weighted by molar-refractivity contribution is 7.91. The van der Waals surface area contributed by atoms with Gasteiger partial charge in [0, 0.05) is 23.3 Å². The Morgan fingerprint density at radius 2 is 1.76 bits per heavy atom. The second-order valence-electron chi connectivity index (χ2n) is 6.62. The van der Waals surface area contributed by atoms with Gasteiger partial charge in [0.1, 0.15) is 17.1 Å². The lowest BCUT2D eigenvalue weighted by Gasteiger charge is -2.10. The molecule has 0 amide bonds. The molecular formula is C21H16N4O3S. The summed E-state index contributed by atoms with van der Waals surface area (Å²) in [5.41, 5.74) is 3.56. The van der Waals surface area contributed by atoms with Crippen LogP contribution in [0.2, 0.25) is 0 Å². The van der Waals surface area contributed by atoms with E-state index in [1.165, 1.54) is 0 Å². The smallest absolute Gasteiger partial charge is 0.238 e. The van der Waals surface area contributed by atoms with E-state index in [9.17, 15) is 8.42 Å². The number of sulfonamides is 1. The highest BCUT2D eigenvalue weighted by Crippen LogP contribution is 2.29. The van der Waals surface area contributed by atoms with Crippen molar-refractivity contribution in [2.75, 3.05) is 4.72 Å². The Morgan fingerprint density at radius 3 is 2.66 bits per heavy atom. The van der Waals surface area contributed by atoms with Crippen LogP contribution in [0.25, 0.3) is 27.9 Å². The SMILES string of the molecule is O=S(=O)(Cc1noc2ccccc12)Nc1ccccc1-c1cn2ccccc2n1. The van der Waals surface area contributed by atoms with E-state index in [-0.39, 0.29) is 5.75 Å². The molecule has 3 heterocycles. The van der Waals surface area contributed by atoms with Crippen LogP contribution in [0.3, 0.4) is 0 Å². The quantitative estimate of drug-likeness (QED) is 0.477. The summed E-state index contributed by atoms with van der Waals surface area (Å²) in [5, 5.41) is 4.61. The fraction of sp³-hybridized carbons (Fsp3) is 0.0476. The van der Waals surface area contributed by atoms with Crippen LogP contribution < -0.4 is 4.72 Å². The maximum Gasteiger partial charge on any atom is 0.238 e. The summed E-state index contributed by atoms with van der Waals surface area (Å²) in [6.45, 7) is 0. The summed E-state index contributed by atoms with van der Waals surface area (Å²) in [5.74, 6) is -0.288. The number of anilines is 1. The first-order valence-electron chi connectivity index (χ1n) is 8.96. The molecule has 144 valence electrons. The van der Waals surface area contributed by atoms with Gasteiger partial charge in [-0.1, -0.05) is 41.6 Å². The van der Waals surface area contributed by atoms with Crippen molar-refractivity contribution >= 4 is 32.3 Å². The molecular weight excluding hydrogens is 388 g/mol. The molecule has 5 rings (SSSR count). The zero-order chi connectivity index (χ0) is 19.8. The van der Waals surface area contributed by atoms with Crippen LogP contribution in [-0.2, 0) is 15.8 Å². The molecule has 2 aromatic carbocycles. The lowest BCUT2D eigenvalue weighted by atomic mass is 10.1. The molecule has 0 aliphatic heterocycles. The van der Waals surface area contributed by atoms with E-state index >= 15 is 0 Å². The van der Waals surface area contributed by atoms with Gasteiger partial charge in [-0.05, 0) is 30.3 Å². The Kier molecular flexibility index (Phi) is 4.06. The summed E-state index contributed by atoms with van der Waals surface area (Å²) < 4.78 is 35.5. The molecule has 1 N–H and O–H groups in total. The first-order chi connectivity index (χ1) is 14.1. The zero-order valence-electron chi connectivity index (χ0n) is 15.2. The van der Waals surface area contributed by atoms with Crippen LogP contribution in [0.15, 0.2) is 83.6 Å². The summed E-state index contributed by atoms with van der Waals surface area (Å²) in [4.78, 5) is 4.59. The molecule has 0 unspecified atom stereocenters. The van der Waals surface area contributed by atoms with Crippen molar-refractivity contribution in [3.05, 3.63) is 84.8 Å². The highest BCUT2D eigenvalue weighted by atomic mass is 32.2. The lowest BCUT2D eigenvalue weighted by molar-refractivity contribution is 0.448. The van der Waals surface area contributed by atoms with E-state index in [2.05, 4.69) is 14.9 Å². The van der Waals surface area contributed by atoms with Gasteiger partial charge >= 0.3 is 0 Å². The average molecular weight is 404 g/mol. The minimum atomic E-state index is -3.72. The number of imidazole rings is 1. The molecule has 7 nitrogen and oxygen atoms in total. The van der Waals surface area contributed by atoms with E-state index < -0.39 is 10.0 Å². The standard InChI is InChI=1S/C21H16N4O3S/c26-29(27,14-19-16-8-2-4-10-20(16)28-23-19)24-17-9-3-1-7-15(17)18-13-25-12-6-5-11-21(25)22-18/h1-13,24H,14H2. The van der Waals surface area contributed by atoms with Crippen LogP contribution in [0, 0.1) is 0 Å². The van der Waals surface area contributed by atoms with Crippen molar-refractivity contribution in [3.8, 4) is 11.3 Å². The summed E-state index contributed by atoms with van der Waals surface area (Å²) in [6, 6.07) is 20.1. The molecule has 0 bridgehead atoms. The minimum absolute atomic E-state index is 0.288. The summed E-state index contributed by atoms with van der Waals surface area (Å²) in [7, 11) is -3.72.